The minimum atomic E-state index is -0.0411. The van der Waals surface area contributed by atoms with Crippen molar-refractivity contribution in [1.82, 2.24) is 24.5 Å². The molecule has 2 aromatic heterocycles. The van der Waals surface area contributed by atoms with E-state index in [0.717, 1.165) is 59.9 Å². The highest BCUT2D eigenvalue weighted by molar-refractivity contribution is 6.00. The van der Waals surface area contributed by atoms with E-state index in [4.69, 9.17) is 0 Å². The van der Waals surface area contributed by atoms with Gasteiger partial charge < -0.3 is 14.6 Å². The Kier molecular flexibility index (Phi) is 5.31. The molecule has 6 heteroatoms. The van der Waals surface area contributed by atoms with Gasteiger partial charge >= 0.3 is 0 Å². The quantitative estimate of drug-likeness (QED) is 0.814. The van der Waals surface area contributed by atoms with Gasteiger partial charge in [-0.05, 0) is 61.3 Å². The van der Waals surface area contributed by atoms with E-state index in [2.05, 4.69) is 51.8 Å². The topological polar surface area (TPSA) is 52.9 Å². The van der Waals surface area contributed by atoms with Gasteiger partial charge in [0, 0.05) is 56.0 Å². The Morgan fingerprint density at radius 2 is 2.03 bits per heavy atom. The summed E-state index contributed by atoms with van der Waals surface area (Å²) in [6.07, 6.45) is 18.8. The number of aromatic nitrogens is 2. The van der Waals surface area contributed by atoms with Crippen molar-refractivity contribution >= 4 is 17.1 Å². The number of carbonyl (C=O) groups is 1. The molecule has 1 N–H and O–H groups in total. The fourth-order valence-electron chi connectivity index (χ4n) is 4.57. The summed E-state index contributed by atoms with van der Waals surface area (Å²) in [6.45, 7) is 9.15. The average molecular weight is 428 g/mol. The van der Waals surface area contributed by atoms with E-state index in [0.29, 0.717) is 6.04 Å². The Balaban J connectivity index is 1.50. The SMILES string of the molecule is CCc1cc(C2=C\C(=O)N3C=C(N4CCN[C@H](C)C4)C=C\C3=C/C=C/2)cn2cc(C)nc12. The molecular weight excluding hydrogens is 398 g/mol. The lowest BCUT2D eigenvalue weighted by Crippen LogP contribution is -2.48. The number of hydrogen-bond acceptors (Lipinski definition) is 4. The maximum absolute atomic E-state index is 13.3. The molecule has 2 aromatic rings. The molecule has 0 saturated carbocycles. The second-order valence-corrected chi connectivity index (χ2v) is 8.67. The van der Waals surface area contributed by atoms with E-state index >= 15 is 0 Å². The summed E-state index contributed by atoms with van der Waals surface area (Å²) in [6, 6.07) is 2.58. The number of piperazine rings is 1. The van der Waals surface area contributed by atoms with Crippen molar-refractivity contribution in [2.45, 2.75) is 33.2 Å². The van der Waals surface area contributed by atoms with E-state index in [1.54, 1.807) is 11.0 Å². The van der Waals surface area contributed by atoms with Crippen molar-refractivity contribution in [3.63, 3.8) is 0 Å². The summed E-state index contributed by atoms with van der Waals surface area (Å²) in [4.78, 5) is 22.1. The van der Waals surface area contributed by atoms with Gasteiger partial charge in [-0.2, -0.15) is 0 Å². The zero-order valence-corrected chi connectivity index (χ0v) is 18.9. The zero-order valence-electron chi connectivity index (χ0n) is 18.9. The van der Waals surface area contributed by atoms with Crippen molar-refractivity contribution in [3.05, 3.63) is 89.3 Å². The van der Waals surface area contributed by atoms with E-state index in [-0.39, 0.29) is 5.91 Å². The van der Waals surface area contributed by atoms with E-state index in [1.165, 1.54) is 5.56 Å². The third kappa shape index (κ3) is 3.82. The molecule has 0 spiro atoms. The number of nitrogens with zero attached hydrogens (tertiary/aromatic N) is 4. The Hall–Kier alpha value is -3.38. The van der Waals surface area contributed by atoms with Crippen LogP contribution in [0.5, 0.6) is 0 Å². The van der Waals surface area contributed by atoms with Gasteiger partial charge in [0.2, 0.25) is 0 Å². The highest BCUT2D eigenvalue weighted by Gasteiger charge is 2.23. The van der Waals surface area contributed by atoms with Crippen LogP contribution in [0.3, 0.4) is 0 Å². The smallest absolute Gasteiger partial charge is 0.255 e. The molecule has 0 aliphatic carbocycles. The molecule has 0 radical (unpaired) electrons. The molecule has 1 fully saturated rings. The second-order valence-electron chi connectivity index (χ2n) is 8.67. The summed E-state index contributed by atoms with van der Waals surface area (Å²) < 4.78 is 2.07. The predicted octanol–water partition coefficient (Wildman–Crippen LogP) is 3.58. The molecule has 164 valence electrons. The molecule has 0 bridgehead atoms. The van der Waals surface area contributed by atoms with Gasteiger partial charge in [-0.1, -0.05) is 19.1 Å². The lowest BCUT2D eigenvalue weighted by atomic mass is 10.0. The number of fused-ring (bicyclic) bond motifs is 2. The number of aryl methyl sites for hydroxylation is 2. The molecule has 1 saturated heterocycles. The normalized spacial score (nSPS) is 25.4. The van der Waals surface area contributed by atoms with Crippen LogP contribution in [0, 0.1) is 6.92 Å². The summed E-state index contributed by atoms with van der Waals surface area (Å²) in [5.74, 6) is -0.0411. The molecule has 3 aliphatic rings. The molecule has 32 heavy (non-hydrogen) atoms. The number of rotatable bonds is 3. The van der Waals surface area contributed by atoms with E-state index in [1.807, 2.05) is 43.6 Å². The van der Waals surface area contributed by atoms with Crippen LogP contribution in [0.2, 0.25) is 0 Å². The summed E-state index contributed by atoms with van der Waals surface area (Å²) in [7, 11) is 0. The molecule has 0 aromatic carbocycles. The number of allylic oxidation sites excluding steroid dienone is 6. The standard InChI is InChI=1S/C26H29N5O/c1-4-20-12-22(16-30-15-19(3)28-26(20)30)21-6-5-7-23-8-9-24(17-31(23)25(32)13-21)29-11-10-27-18(2)14-29/h5-9,12-13,15-18,27H,4,10-11,14H2,1-3H3/b6-5+,21-13+,23-7+/t18-/m1/s1. The molecule has 5 heterocycles. The molecule has 6 nitrogen and oxygen atoms in total. The maximum Gasteiger partial charge on any atom is 0.255 e. The first-order chi connectivity index (χ1) is 15.5. The first-order valence-corrected chi connectivity index (χ1v) is 11.3. The maximum atomic E-state index is 13.3. The van der Waals surface area contributed by atoms with E-state index < -0.39 is 0 Å². The predicted molar refractivity (Wildman–Crippen MR) is 128 cm³/mol. The van der Waals surface area contributed by atoms with Crippen molar-refractivity contribution < 1.29 is 4.79 Å². The van der Waals surface area contributed by atoms with Gasteiger partial charge in [-0.25, -0.2) is 4.98 Å². The lowest BCUT2D eigenvalue weighted by Gasteiger charge is -2.36. The van der Waals surface area contributed by atoms with Crippen molar-refractivity contribution in [3.8, 4) is 0 Å². The Bertz CT molecular complexity index is 1230. The fourth-order valence-corrected chi connectivity index (χ4v) is 4.57. The zero-order chi connectivity index (χ0) is 22.2. The van der Waals surface area contributed by atoms with Crippen LogP contribution in [-0.2, 0) is 11.2 Å². The van der Waals surface area contributed by atoms with Gasteiger partial charge in [-0.3, -0.25) is 9.69 Å². The van der Waals surface area contributed by atoms with Crippen LogP contribution in [0.1, 0.15) is 30.7 Å². The van der Waals surface area contributed by atoms with Crippen LogP contribution < -0.4 is 5.32 Å². The van der Waals surface area contributed by atoms with Crippen molar-refractivity contribution in [1.29, 1.82) is 0 Å². The van der Waals surface area contributed by atoms with Gasteiger partial charge in [0.15, 0.2) is 0 Å². The van der Waals surface area contributed by atoms with Crippen LogP contribution in [0.15, 0.2) is 72.5 Å². The molecular formula is C26H29N5O. The van der Waals surface area contributed by atoms with Crippen LogP contribution in [-0.4, -0.2) is 50.8 Å². The molecule has 3 aliphatic heterocycles. The summed E-state index contributed by atoms with van der Waals surface area (Å²) in [5.41, 5.74) is 7.01. The van der Waals surface area contributed by atoms with Crippen LogP contribution in [0.4, 0.5) is 0 Å². The van der Waals surface area contributed by atoms with Crippen molar-refractivity contribution in [2.24, 2.45) is 0 Å². The molecule has 0 unspecified atom stereocenters. The number of imidazole rings is 1. The fraction of sp³-hybridized carbons (Fsp3) is 0.308. The van der Waals surface area contributed by atoms with Crippen LogP contribution >= 0.6 is 0 Å². The van der Waals surface area contributed by atoms with Gasteiger partial charge in [0.05, 0.1) is 11.4 Å². The average Bonchev–Trinajstić information content (AvgIpc) is 3.16. The van der Waals surface area contributed by atoms with Crippen molar-refractivity contribution in [2.75, 3.05) is 19.6 Å². The number of carbonyl (C=O) groups excluding carboxylic acids is 1. The summed E-state index contributed by atoms with van der Waals surface area (Å²) in [5, 5.41) is 3.47. The summed E-state index contributed by atoms with van der Waals surface area (Å²) >= 11 is 0. The minimum Gasteiger partial charge on any atom is -0.368 e. The van der Waals surface area contributed by atoms with Gasteiger partial charge in [0.25, 0.3) is 5.91 Å². The highest BCUT2D eigenvalue weighted by Crippen LogP contribution is 2.27. The molecule has 1 amide bonds. The highest BCUT2D eigenvalue weighted by atomic mass is 16.2. The van der Waals surface area contributed by atoms with Gasteiger partial charge in [-0.15, -0.1) is 0 Å². The lowest BCUT2D eigenvalue weighted by molar-refractivity contribution is -0.122. The first kappa shape index (κ1) is 20.5. The van der Waals surface area contributed by atoms with E-state index in [9.17, 15) is 4.79 Å². The monoisotopic (exact) mass is 427 g/mol. The van der Waals surface area contributed by atoms with Gasteiger partial charge in [0.1, 0.15) is 5.65 Å². The Labute approximate surface area is 188 Å². The third-order valence-electron chi connectivity index (χ3n) is 6.22. The number of nitrogens with one attached hydrogen (secondary N) is 1. The minimum absolute atomic E-state index is 0.0411. The molecule has 1 atom stereocenters. The number of pyridine rings is 1. The third-order valence-corrected chi connectivity index (χ3v) is 6.22. The largest absolute Gasteiger partial charge is 0.368 e. The Morgan fingerprint density at radius 1 is 1.19 bits per heavy atom. The second kappa shape index (κ2) is 8.28. The number of amides is 1. The molecule has 5 rings (SSSR count). The van der Waals surface area contributed by atoms with Crippen LogP contribution in [0.25, 0.3) is 11.2 Å². The Morgan fingerprint density at radius 3 is 2.84 bits per heavy atom. The number of hydrogen-bond donors (Lipinski definition) is 1. The first-order valence-electron chi connectivity index (χ1n) is 11.3.